The molecule has 82 valence electrons. The summed E-state index contributed by atoms with van der Waals surface area (Å²) >= 11 is 0. The summed E-state index contributed by atoms with van der Waals surface area (Å²) in [6, 6.07) is 0. The molecule has 1 fully saturated rings. The number of rotatable bonds is 5. The summed E-state index contributed by atoms with van der Waals surface area (Å²) in [7, 11) is 0. The van der Waals surface area contributed by atoms with Crippen LogP contribution < -0.4 is 5.32 Å². The van der Waals surface area contributed by atoms with Gasteiger partial charge in [-0.25, -0.2) is 0 Å². The number of hydrogen-bond donors (Lipinski definition) is 2. The molecule has 0 saturated carbocycles. The SMILES string of the molecule is CCN(CCO)C(=O)CC1CCNC1. The maximum absolute atomic E-state index is 11.7. The van der Waals surface area contributed by atoms with E-state index in [1.807, 2.05) is 6.92 Å². The molecule has 1 amide bonds. The normalized spacial score (nSPS) is 21.1. The van der Waals surface area contributed by atoms with Crippen LogP contribution in [0, 0.1) is 5.92 Å². The van der Waals surface area contributed by atoms with Crippen LogP contribution in [0.5, 0.6) is 0 Å². The predicted molar refractivity (Wildman–Crippen MR) is 54.9 cm³/mol. The second-order valence-corrected chi connectivity index (χ2v) is 3.76. The average molecular weight is 200 g/mol. The molecule has 14 heavy (non-hydrogen) atoms. The number of nitrogens with one attached hydrogen (secondary N) is 1. The highest BCUT2D eigenvalue weighted by Gasteiger charge is 2.20. The molecule has 1 aliphatic rings. The molecule has 0 radical (unpaired) electrons. The fourth-order valence-corrected chi connectivity index (χ4v) is 1.84. The Kier molecular flexibility index (Phi) is 4.90. The molecular formula is C10H20N2O2. The van der Waals surface area contributed by atoms with Crippen molar-refractivity contribution in [2.45, 2.75) is 19.8 Å². The van der Waals surface area contributed by atoms with Crippen LogP contribution in [-0.4, -0.2) is 48.7 Å². The second kappa shape index (κ2) is 5.98. The van der Waals surface area contributed by atoms with E-state index in [0.717, 1.165) is 19.5 Å². The molecule has 0 aromatic carbocycles. The van der Waals surface area contributed by atoms with E-state index < -0.39 is 0 Å². The molecular weight excluding hydrogens is 180 g/mol. The van der Waals surface area contributed by atoms with Crippen LogP contribution in [0.25, 0.3) is 0 Å². The molecule has 1 aliphatic heterocycles. The standard InChI is InChI=1S/C10H20N2O2/c1-2-12(5-6-13)10(14)7-9-3-4-11-8-9/h9,11,13H,2-8H2,1H3. The highest BCUT2D eigenvalue weighted by Crippen LogP contribution is 2.13. The zero-order chi connectivity index (χ0) is 10.4. The van der Waals surface area contributed by atoms with Gasteiger partial charge >= 0.3 is 0 Å². The van der Waals surface area contributed by atoms with Gasteiger partial charge in [-0.15, -0.1) is 0 Å². The summed E-state index contributed by atoms with van der Waals surface area (Å²) < 4.78 is 0. The fraction of sp³-hybridized carbons (Fsp3) is 0.900. The van der Waals surface area contributed by atoms with Gasteiger partial charge < -0.3 is 15.3 Å². The first-order valence-corrected chi connectivity index (χ1v) is 5.37. The molecule has 1 rings (SSSR count). The highest BCUT2D eigenvalue weighted by atomic mass is 16.3. The Labute approximate surface area is 85.3 Å². The monoisotopic (exact) mass is 200 g/mol. The van der Waals surface area contributed by atoms with Crippen LogP contribution in [-0.2, 0) is 4.79 Å². The minimum atomic E-state index is 0.0580. The quantitative estimate of drug-likeness (QED) is 0.647. The van der Waals surface area contributed by atoms with Gasteiger partial charge in [0.25, 0.3) is 0 Å². The Hall–Kier alpha value is -0.610. The van der Waals surface area contributed by atoms with Crippen LogP contribution in [0.2, 0.25) is 0 Å². The van der Waals surface area contributed by atoms with Crippen LogP contribution >= 0.6 is 0 Å². The van der Waals surface area contributed by atoms with E-state index in [4.69, 9.17) is 5.11 Å². The number of carbonyl (C=O) groups excluding carboxylic acids is 1. The molecule has 1 atom stereocenters. The number of aliphatic hydroxyl groups excluding tert-OH is 1. The van der Waals surface area contributed by atoms with Crippen molar-refractivity contribution in [2.24, 2.45) is 5.92 Å². The Balaban J connectivity index is 2.30. The third-order valence-electron chi connectivity index (χ3n) is 2.73. The lowest BCUT2D eigenvalue weighted by molar-refractivity contribution is -0.132. The summed E-state index contributed by atoms with van der Waals surface area (Å²) in [6.45, 7) is 5.16. The minimum absolute atomic E-state index is 0.0580. The van der Waals surface area contributed by atoms with E-state index in [9.17, 15) is 4.79 Å². The molecule has 1 unspecified atom stereocenters. The summed E-state index contributed by atoms with van der Waals surface area (Å²) in [5.74, 6) is 0.672. The lowest BCUT2D eigenvalue weighted by Gasteiger charge is -2.21. The van der Waals surface area contributed by atoms with Gasteiger partial charge in [-0.2, -0.15) is 0 Å². The summed E-state index contributed by atoms with van der Waals surface area (Å²) in [4.78, 5) is 13.4. The first-order valence-electron chi connectivity index (χ1n) is 5.37. The molecule has 4 heteroatoms. The first kappa shape index (κ1) is 11.5. The van der Waals surface area contributed by atoms with Gasteiger partial charge in [0.2, 0.25) is 5.91 Å². The number of carbonyl (C=O) groups is 1. The van der Waals surface area contributed by atoms with E-state index >= 15 is 0 Å². The number of likely N-dealkylation sites (N-methyl/N-ethyl adjacent to an activating group) is 1. The topological polar surface area (TPSA) is 52.6 Å². The van der Waals surface area contributed by atoms with E-state index in [2.05, 4.69) is 5.32 Å². The first-order chi connectivity index (χ1) is 6.77. The van der Waals surface area contributed by atoms with E-state index in [-0.39, 0.29) is 12.5 Å². The Morgan fingerprint density at radius 2 is 2.43 bits per heavy atom. The predicted octanol–water partition coefficient (Wildman–Crippen LogP) is -0.173. The Bertz CT molecular complexity index is 179. The van der Waals surface area contributed by atoms with Crippen molar-refractivity contribution in [3.05, 3.63) is 0 Å². The van der Waals surface area contributed by atoms with Gasteiger partial charge in [-0.1, -0.05) is 0 Å². The third-order valence-corrected chi connectivity index (χ3v) is 2.73. The van der Waals surface area contributed by atoms with Crippen LogP contribution in [0.1, 0.15) is 19.8 Å². The van der Waals surface area contributed by atoms with Crippen LogP contribution in [0.4, 0.5) is 0 Å². The molecule has 0 aromatic rings. The van der Waals surface area contributed by atoms with Gasteiger partial charge in [0, 0.05) is 19.5 Å². The van der Waals surface area contributed by atoms with Gasteiger partial charge in [-0.3, -0.25) is 4.79 Å². The van der Waals surface area contributed by atoms with Crippen molar-refractivity contribution in [3.63, 3.8) is 0 Å². The fourth-order valence-electron chi connectivity index (χ4n) is 1.84. The van der Waals surface area contributed by atoms with E-state index in [1.165, 1.54) is 0 Å². The zero-order valence-electron chi connectivity index (χ0n) is 8.83. The van der Waals surface area contributed by atoms with Gasteiger partial charge in [0.1, 0.15) is 0 Å². The van der Waals surface area contributed by atoms with E-state index in [1.54, 1.807) is 4.90 Å². The van der Waals surface area contributed by atoms with Crippen LogP contribution in [0.15, 0.2) is 0 Å². The molecule has 0 bridgehead atoms. The number of hydrogen-bond acceptors (Lipinski definition) is 3. The maximum atomic E-state index is 11.7. The number of nitrogens with zero attached hydrogens (tertiary/aromatic N) is 1. The lowest BCUT2D eigenvalue weighted by atomic mass is 10.0. The lowest BCUT2D eigenvalue weighted by Crippen LogP contribution is -2.34. The van der Waals surface area contributed by atoms with Crippen molar-refractivity contribution >= 4 is 5.91 Å². The van der Waals surface area contributed by atoms with E-state index in [0.29, 0.717) is 25.4 Å². The maximum Gasteiger partial charge on any atom is 0.222 e. The third kappa shape index (κ3) is 3.27. The van der Waals surface area contributed by atoms with Crippen molar-refractivity contribution in [1.82, 2.24) is 10.2 Å². The van der Waals surface area contributed by atoms with Gasteiger partial charge in [0.15, 0.2) is 0 Å². The molecule has 1 heterocycles. The molecule has 1 saturated heterocycles. The van der Waals surface area contributed by atoms with Crippen LogP contribution in [0.3, 0.4) is 0 Å². The summed E-state index contributed by atoms with van der Waals surface area (Å²) in [6.07, 6.45) is 1.73. The molecule has 2 N–H and O–H groups in total. The average Bonchev–Trinajstić information content (AvgIpc) is 2.66. The van der Waals surface area contributed by atoms with Crippen molar-refractivity contribution in [2.75, 3.05) is 32.8 Å². The minimum Gasteiger partial charge on any atom is -0.395 e. The molecule has 4 nitrogen and oxygen atoms in total. The second-order valence-electron chi connectivity index (χ2n) is 3.76. The molecule has 0 aliphatic carbocycles. The van der Waals surface area contributed by atoms with Gasteiger partial charge in [-0.05, 0) is 32.4 Å². The Morgan fingerprint density at radius 1 is 1.64 bits per heavy atom. The highest BCUT2D eigenvalue weighted by molar-refractivity contribution is 5.76. The number of amides is 1. The number of aliphatic hydroxyl groups is 1. The molecule has 0 spiro atoms. The summed E-state index contributed by atoms with van der Waals surface area (Å²) in [5.41, 5.74) is 0. The molecule has 0 aromatic heterocycles. The summed E-state index contributed by atoms with van der Waals surface area (Å²) in [5, 5.41) is 12.0. The zero-order valence-corrected chi connectivity index (χ0v) is 8.83. The largest absolute Gasteiger partial charge is 0.395 e. The smallest absolute Gasteiger partial charge is 0.222 e. The van der Waals surface area contributed by atoms with Crippen molar-refractivity contribution < 1.29 is 9.90 Å². The van der Waals surface area contributed by atoms with Gasteiger partial charge in [0.05, 0.1) is 6.61 Å². The van der Waals surface area contributed by atoms with Crippen molar-refractivity contribution in [1.29, 1.82) is 0 Å². The Morgan fingerprint density at radius 3 is 2.93 bits per heavy atom. The van der Waals surface area contributed by atoms with Crippen molar-refractivity contribution in [3.8, 4) is 0 Å².